The molecule has 0 fully saturated rings. The highest BCUT2D eigenvalue weighted by molar-refractivity contribution is 6.30. The van der Waals surface area contributed by atoms with Gasteiger partial charge in [0.05, 0.1) is 0 Å². The molecule has 2 aromatic carbocycles. The van der Waals surface area contributed by atoms with Crippen molar-refractivity contribution < 1.29 is 9.15 Å². The standard InChI is InChI=1S/C19H17ClO3/c1-11-12(2)19(21)23-18-13(3)17(8-7-16(11)18)22-10-14-5-4-6-15(20)9-14/h4-9H,10H2,1-3H3. The van der Waals surface area contributed by atoms with Gasteiger partial charge in [-0.1, -0.05) is 23.7 Å². The van der Waals surface area contributed by atoms with Crippen LogP contribution in [0, 0.1) is 20.8 Å². The summed E-state index contributed by atoms with van der Waals surface area (Å²) in [6.45, 7) is 6.01. The number of benzene rings is 2. The molecule has 4 heteroatoms. The summed E-state index contributed by atoms with van der Waals surface area (Å²) in [4.78, 5) is 11.9. The van der Waals surface area contributed by atoms with E-state index >= 15 is 0 Å². The third-order valence-corrected chi connectivity index (χ3v) is 4.34. The van der Waals surface area contributed by atoms with Crippen LogP contribution in [0.4, 0.5) is 0 Å². The molecule has 0 saturated carbocycles. The molecule has 0 bridgehead atoms. The van der Waals surface area contributed by atoms with Crippen molar-refractivity contribution >= 4 is 22.6 Å². The van der Waals surface area contributed by atoms with E-state index in [1.807, 2.05) is 50.2 Å². The van der Waals surface area contributed by atoms with Crippen LogP contribution < -0.4 is 10.4 Å². The highest BCUT2D eigenvalue weighted by Crippen LogP contribution is 2.29. The van der Waals surface area contributed by atoms with Gasteiger partial charge < -0.3 is 9.15 Å². The molecule has 3 aromatic rings. The largest absolute Gasteiger partial charge is 0.488 e. The van der Waals surface area contributed by atoms with Crippen molar-refractivity contribution in [3.63, 3.8) is 0 Å². The molecule has 0 unspecified atom stereocenters. The Labute approximate surface area is 139 Å². The van der Waals surface area contributed by atoms with Gasteiger partial charge in [0.1, 0.15) is 17.9 Å². The van der Waals surface area contributed by atoms with E-state index in [2.05, 4.69) is 0 Å². The molecule has 118 valence electrons. The Bertz CT molecular complexity index is 941. The van der Waals surface area contributed by atoms with Gasteiger partial charge in [0.25, 0.3) is 0 Å². The van der Waals surface area contributed by atoms with Crippen molar-refractivity contribution in [3.05, 3.63) is 74.1 Å². The average molecular weight is 329 g/mol. The zero-order valence-electron chi connectivity index (χ0n) is 13.3. The van der Waals surface area contributed by atoms with Crippen LogP contribution in [0.15, 0.2) is 45.6 Å². The van der Waals surface area contributed by atoms with E-state index in [4.69, 9.17) is 20.8 Å². The van der Waals surface area contributed by atoms with Gasteiger partial charge in [-0.3, -0.25) is 0 Å². The normalized spacial score (nSPS) is 11.0. The summed E-state index contributed by atoms with van der Waals surface area (Å²) in [5, 5.41) is 1.62. The van der Waals surface area contributed by atoms with Gasteiger partial charge >= 0.3 is 5.63 Å². The first-order chi connectivity index (χ1) is 11.0. The molecule has 0 aliphatic heterocycles. The lowest BCUT2D eigenvalue weighted by Crippen LogP contribution is -2.06. The molecule has 1 aromatic heterocycles. The fourth-order valence-electron chi connectivity index (χ4n) is 2.57. The minimum absolute atomic E-state index is 0.301. The molecule has 0 amide bonds. The van der Waals surface area contributed by atoms with E-state index in [1.54, 1.807) is 6.92 Å². The average Bonchev–Trinajstić information content (AvgIpc) is 2.53. The number of hydrogen-bond donors (Lipinski definition) is 0. The second-order valence-corrected chi connectivity index (χ2v) is 6.06. The third kappa shape index (κ3) is 2.97. The maximum atomic E-state index is 11.9. The number of fused-ring (bicyclic) bond motifs is 1. The van der Waals surface area contributed by atoms with Gasteiger partial charge in [0.2, 0.25) is 0 Å². The van der Waals surface area contributed by atoms with Crippen LogP contribution in [0.2, 0.25) is 5.02 Å². The van der Waals surface area contributed by atoms with Gasteiger partial charge in [-0.15, -0.1) is 0 Å². The van der Waals surface area contributed by atoms with Crippen LogP contribution in [0.1, 0.15) is 22.3 Å². The first-order valence-corrected chi connectivity index (χ1v) is 7.76. The van der Waals surface area contributed by atoms with Gasteiger partial charge in [0.15, 0.2) is 0 Å². The molecule has 1 heterocycles. The number of hydrogen-bond acceptors (Lipinski definition) is 3. The number of rotatable bonds is 3. The Morgan fingerprint density at radius 3 is 2.57 bits per heavy atom. The maximum Gasteiger partial charge on any atom is 0.339 e. The molecular weight excluding hydrogens is 312 g/mol. The second kappa shape index (κ2) is 6.09. The molecule has 0 radical (unpaired) electrons. The quantitative estimate of drug-likeness (QED) is 0.638. The summed E-state index contributed by atoms with van der Waals surface area (Å²) in [6.07, 6.45) is 0. The monoisotopic (exact) mass is 328 g/mol. The Kier molecular flexibility index (Phi) is 4.14. The summed E-state index contributed by atoms with van der Waals surface area (Å²) in [5.41, 5.74) is 3.68. The zero-order valence-corrected chi connectivity index (χ0v) is 14.0. The highest BCUT2D eigenvalue weighted by Gasteiger charge is 2.12. The molecule has 23 heavy (non-hydrogen) atoms. The zero-order chi connectivity index (χ0) is 16.6. The van der Waals surface area contributed by atoms with Gasteiger partial charge in [0, 0.05) is 21.5 Å². The summed E-state index contributed by atoms with van der Waals surface area (Å²) in [5.74, 6) is 0.698. The van der Waals surface area contributed by atoms with E-state index in [1.165, 1.54) is 0 Å². The van der Waals surface area contributed by atoms with E-state index in [9.17, 15) is 4.79 Å². The van der Waals surface area contributed by atoms with Gasteiger partial charge in [-0.05, 0) is 56.2 Å². The van der Waals surface area contributed by atoms with Crippen molar-refractivity contribution in [3.8, 4) is 5.75 Å². The van der Waals surface area contributed by atoms with Crippen LogP contribution in [0.25, 0.3) is 11.0 Å². The van der Waals surface area contributed by atoms with Gasteiger partial charge in [-0.25, -0.2) is 4.79 Å². The molecule has 0 spiro atoms. The molecule has 0 aliphatic rings. The second-order valence-electron chi connectivity index (χ2n) is 5.62. The summed E-state index contributed by atoms with van der Waals surface area (Å²) >= 11 is 5.98. The Hall–Kier alpha value is -2.26. The summed E-state index contributed by atoms with van der Waals surface area (Å²) in [6, 6.07) is 11.4. The van der Waals surface area contributed by atoms with Crippen molar-refractivity contribution in [1.82, 2.24) is 0 Å². The fourth-order valence-corrected chi connectivity index (χ4v) is 2.78. The minimum atomic E-state index is -0.301. The van der Waals surface area contributed by atoms with Crippen molar-refractivity contribution in [2.45, 2.75) is 27.4 Å². The van der Waals surface area contributed by atoms with E-state index in [0.29, 0.717) is 28.5 Å². The Morgan fingerprint density at radius 2 is 1.83 bits per heavy atom. The lowest BCUT2D eigenvalue weighted by atomic mass is 10.0. The summed E-state index contributed by atoms with van der Waals surface area (Å²) < 4.78 is 11.3. The molecule has 3 nitrogen and oxygen atoms in total. The molecule has 0 saturated heterocycles. The molecule has 3 rings (SSSR count). The predicted molar refractivity (Wildman–Crippen MR) is 92.5 cm³/mol. The van der Waals surface area contributed by atoms with Crippen molar-refractivity contribution in [2.75, 3.05) is 0 Å². The minimum Gasteiger partial charge on any atom is -0.488 e. The number of halogens is 1. The third-order valence-electron chi connectivity index (χ3n) is 4.11. The topological polar surface area (TPSA) is 39.4 Å². The Balaban J connectivity index is 1.98. The number of ether oxygens (including phenoxy) is 1. The maximum absolute atomic E-state index is 11.9. The van der Waals surface area contributed by atoms with Crippen LogP contribution in [-0.4, -0.2) is 0 Å². The molecule has 0 N–H and O–H groups in total. The van der Waals surface area contributed by atoms with Crippen LogP contribution >= 0.6 is 11.6 Å². The van der Waals surface area contributed by atoms with Crippen LogP contribution in [0.5, 0.6) is 5.75 Å². The van der Waals surface area contributed by atoms with Crippen molar-refractivity contribution in [1.29, 1.82) is 0 Å². The van der Waals surface area contributed by atoms with Gasteiger partial charge in [-0.2, -0.15) is 0 Å². The molecular formula is C19H17ClO3. The lowest BCUT2D eigenvalue weighted by molar-refractivity contribution is 0.304. The summed E-state index contributed by atoms with van der Waals surface area (Å²) in [7, 11) is 0. The lowest BCUT2D eigenvalue weighted by Gasteiger charge is -2.12. The van der Waals surface area contributed by atoms with E-state index in [0.717, 1.165) is 22.1 Å². The predicted octanol–water partition coefficient (Wildman–Crippen LogP) is 4.95. The first kappa shape index (κ1) is 15.6. The number of aryl methyl sites for hydroxylation is 2. The first-order valence-electron chi connectivity index (χ1n) is 7.38. The fraction of sp³-hybridized carbons (Fsp3) is 0.211. The highest BCUT2D eigenvalue weighted by atomic mass is 35.5. The SMILES string of the molecule is Cc1c(C)c2ccc(OCc3cccc(Cl)c3)c(C)c2oc1=O. The smallest absolute Gasteiger partial charge is 0.339 e. The van der Waals surface area contributed by atoms with Crippen molar-refractivity contribution in [2.24, 2.45) is 0 Å². The van der Waals surface area contributed by atoms with E-state index in [-0.39, 0.29) is 5.63 Å². The molecule has 0 aliphatic carbocycles. The molecule has 0 atom stereocenters. The van der Waals surface area contributed by atoms with Crippen LogP contribution in [0.3, 0.4) is 0 Å². The van der Waals surface area contributed by atoms with Crippen LogP contribution in [-0.2, 0) is 6.61 Å². The Morgan fingerprint density at radius 1 is 1.04 bits per heavy atom. The van der Waals surface area contributed by atoms with E-state index < -0.39 is 0 Å².